The van der Waals surface area contributed by atoms with Gasteiger partial charge in [-0.15, -0.1) is 0 Å². The van der Waals surface area contributed by atoms with E-state index in [1.54, 1.807) is 0 Å². The van der Waals surface area contributed by atoms with Crippen LogP contribution in [0.1, 0.15) is 25.0 Å². The monoisotopic (exact) mass is 307 g/mol. The summed E-state index contributed by atoms with van der Waals surface area (Å²) in [7, 11) is 1.37. The lowest BCUT2D eigenvalue weighted by molar-refractivity contribution is -0.910. The zero-order valence-corrected chi connectivity index (χ0v) is 14.2. The van der Waals surface area contributed by atoms with Crippen molar-refractivity contribution in [3.05, 3.63) is 29.3 Å². The van der Waals surface area contributed by atoms with Gasteiger partial charge in [-0.3, -0.25) is 4.79 Å². The van der Waals surface area contributed by atoms with E-state index in [0.29, 0.717) is 17.6 Å². The molecule has 0 atom stereocenters. The summed E-state index contributed by atoms with van der Waals surface area (Å²) in [6.45, 7) is 9.78. The molecule has 1 N–H and O–H groups in total. The van der Waals surface area contributed by atoms with Gasteiger partial charge in [0.1, 0.15) is 0 Å². The highest BCUT2D eigenvalue weighted by molar-refractivity contribution is 5.93. The molecule has 0 unspecified atom stereocenters. The van der Waals surface area contributed by atoms with E-state index in [-0.39, 0.29) is 25.0 Å². The molecular formula is C17H27N2O3+. The second-order valence-corrected chi connectivity index (χ2v) is 5.68. The van der Waals surface area contributed by atoms with Gasteiger partial charge in [-0.25, -0.2) is 4.79 Å². The number of para-hydroxylation sites is 1. The molecule has 5 nitrogen and oxygen atoms in total. The molecule has 0 aliphatic rings. The number of amides is 1. The molecule has 0 aromatic heterocycles. The molecule has 22 heavy (non-hydrogen) atoms. The van der Waals surface area contributed by atoms with E-state index in [1.807, 2.05) is 45.9 Å². The number of benzene rings is 1. The standard InChI is InChI=1S/C17H26N2O3/c1-6-19(7-2,12-16(21)22-5)11-15(20)18-17-13(3)9-8-10-14(17)4/h8-10H,6-7,11-12H2,1-5H3/p+1. The number of esters is 1. The average molecular weight is 307 g/mol. The quantitative estimate of drug-likeness (QED) is 0.621. The number of rotatable bonds is 7. The molecule has 0 saturated carbocycles. The lowest BCUT2D eigenvalue weighted by atomic mass is 10.1. The molecule has 0 saturated heterocycles. The highest BCUT2D eigenvalue weighted by Crippen LogP contribution is 2.19. The van der Waals surface area contributed by atoms with Crippen LogP contribution >= 0.6 is 0 Å². The van der Waals surface area contributed by atoms with Gasteiger partial charge in [0.2, 0.25) is 0 Å². The fourth-order valence-corrected chi connectivity index (χ4v) is 2.56. The molecule has 0 aliphatic heterocycles. The minimum atomic E-state index is -0.288. The Morgan fingerprint density at radius 2 is 1.64 bits per heavy atom. The Kier molecular flexibility index (Phi) is 6.56. The van der Waals surface area contributed by atoms with Gasteiger partial charge in [-0.05, 0) is 38.8 Å². The van der Waals surface area contributed by atoms with Crippen LogP contribution in [-0.2, 0) is 14.3 Å². The highest BCUT2D eigenvalue weighted by Gasteiger charge is 2.30. The van der Waals surface area contributed by atoms with Gasteiger partial charge in [-0.2, -0.15) is 0 Å². The first kappa shape index (κ1) is 18.2. The average Bonchev–Trinajstić information content (AvgIpc) is 2.50. The summed E-state index contributed by atoms with van der Waals surface area (Å²) in [5, 5.41) is 2.99. The fourth-order valence-electron chi connectivity index (χ4n) is 2.56. The number of methoxy groups -OCH3 is 1. The summed E-state index contributed by atoms with van der Waals surface area (Å²) in [5.41, 5.74) is 2.93. The van der Waals surface area contributed by atoms with Crippen molar-refractivity contribution < 1.29 is 18.8 Å². The first-order chi connectivity index (χ1) is 10.4. The summed E-state index contributed by atoms with van der Waals surface area (Å²) < 4.78 is 5.15. The molecule has 1 aromatic rings. The number of anilines is 1. The van der Waals surface area contributed by atoms with Gasteiger partial charge in [0.05, 0.1) is 20.2 Å². The van der Waals surface area contributed by atoms with E-state index in [2.05, 4.69) is 5.32 Å². The molecular weight excluding hydrogens is 280 g/mol. The zero-order valence-electron chi connectivity index (χ0n) is 14.2. The van der Waals surface area contributed by atoms with Crippen molar-refractivity contribution >= 4 is 17.6 Å². The summed E-state index contributed by atoms with van der Waals surface area (Å²) in [4.78, 5) is 24.1. The second kappa shape index (κ2) is 7.94. The number of quaternary nitrogens is 1. The molecule has 0 radical (unpaired) electrons. The summed E-state index contributed by atoms with van der Waals surface area (Å²) in [5.74, 6) is -0.367. The Morgan fingerprint density at radius 1 is 1.09 bits per heavy atom. The predicted octanol–water partition coefficient (Wildman–Crippen LogP) is 2.27. The number of carbonyl (C=O) groups excluding carboxylic acids is 2. The maximum absolute atomic E-state index is 12.4. The largest absolute Gasteiger partial charge is 0.465 e. The number of hydrogen-bond donors (Lipinski definition) is 1. The van der Waals surface area contributed by atoms with Gasteiger partial charge in [0.25, 0.3) is 5.91 Å². The summed E-state index contributed by atoms with van der Waals surface area (Å²) in [6.07, 6.45) is 0. The van der Waals surface area contributed by atoms with Gasteiger partial charge < -0.3 is 14.5 Å². The fraction of sp³-hybridized carbons (Fsp3) is 0.529. The van der Waals surface area contributed by atoms with Crippen LogP contribution in [0.5, 0.6) is 0 Å². The molecule has 0 spiro atoms. The number of carbonyl (C=O) groups is 2. The van der Waals surface area contributed by atoms with Crippen LogP contribution in [-0.4, -0.2) is 49.6 Å². The third-order valence-corrected chi connectivity index (χ3v) is 4.26. The summed E-state index contributed by atoms with van der Waals surface area (Å²) in [6, 6.07) is 5.91. The van der Waals surface area contributed by atoms with Crippen LogP contribution in [0.15, 0.2) is 18.2 Å². The number of nitrogens with zero attached hydrogens (tertiary/aromatic N) is 1. The molecule has 1 amide bonds. The third kappa shape index (κ3) is 4.56. The number of ether oxygens (including phenoxy) is 1. The van der Waals surface area contributed by atoms with Crippen molar-refractivity contribution in [2.75, 3.05) is 38.6 Å². The Morgan fingerprint density at radius 3 is 2.09 bits per heavy atom. The highest BCUT2D eigenvalue weighted by atomic mass is 16.5. The first-order valence-electron chi connectivity index (χ1n) is 7.65. The first-order valence-corrected chi connectivity index (χ1v) is 7.65. The normalized spacial score (nSPS) is 11.1. The van der Waals surface area contributed by atoms with Gasteiger partial charge in [0, 0.05) is 5.69 Å². The minimum absolute atomic E-state index is 0.0787. The predicted molar refractivity (Wildman–Crippen MR) is 87.6 cm³/mol. The maximum Gasteiger partial charge on any atom is 0.361 e. The Bertz CT molecular complexity index is 516. The van der Waals surface area contributed by atoms with Crippen molar-refractivity contribution in [2.45, 2.75) is 27.7 Å². The maximum atomic E-state index is 12.4. The van der Waals surface area contributed by atoms with Gasteiger partial charge >= 0.3 is 5.97 Å². The van der Waals surface area contributed by atoms with Crippen molar-refractivity contribution in [3.63, 3.8) is 0 Å². The van der Waals surface area contributed by atoms with Crippen molar-refractivity contribution in [1.29, 1.82) is 0 Å². The SMILES string of the molecule is CC[N+](CC)(CC(=O)Nc1c(C)cccc1C)CC(=O)OC. The molecule has 0 fully saturated rings. The molecule has 122 valence electrons. The van der Waals surface area contributed by atoms with Crippen LogP contribution in [0.3, 0.4) is 0 Å². The number of likely N-dealkylation sites (N-methyl/N-ethyl adjacent to an activating group) is 1. The second-order valence-electron chi connectivity index (χ2n) is 5.68. The van der Waals surface area contributed by atoms with Crippen LogP contribution in [0.2, 0.25) is 0 Å². The Hall–Kier alpha value is -1.88. The number of hydrogen-bond acceptors (Lipinski definition) is 3. The number of nitrogens with one attached hydrogen (secondary N) is 1. The van der Waals surface area contributed by atoms with Gasteiger partial charge in [0.15, 0.2) is 13.1 Å². The van der Waals surface area contributed by atoms with Crippen LogP contribution in [0.4, 0.5) is 5.69 Å². The molecule has 1 aromatic carbocycles. The van der Waals surface area contributed by atoms with Crippen LogP contribution < -0.4 is 5.32 Å². The van der Waals surface area contributed by atoms with Crippen molar-refractivity contribution in [3.8, 4) is 0 Å². The van der Waals surface area contributed by atoms with E-state index >= 15 is 0 Å². The Balaban J connectivity index is 2.86. The van der Waals surface area contributed by atoms with E-state index < -0.39 is 0 Å². The Labute approximate surface area is 132 Å². The molecule has 5 heteroatoms. The van der Waals surface area contributed by atoms with E-state index in [9.17, 15) is 9.59 Å². The summed E-state index contributed by atoms with van der Waals surface area (Å²) >= 11 is 0. The van der Waals surface area contributed by atoms with E-state index in [0.717, 1.165) is 16.8 Å². The third-order valence-electron chi connectivity index (χ3n) is 4.26. The minimum Gasteiger partial charge on any atom is -0.465 e. The lowest BCUT2D eigenvalue weighted by Gasteiger charge is -2.34. The molecule has 1 rings (SSSR count). The topological polar surface area (TPSA) is 55.4 Å². The molecule has 0 heterocycles. The van der Waals surface area contributed by atoms with Crippen LogP contribution in [0.25, 0.3) is 0 Å². The van der Waals surface area contributed by atoms with Crippen molar-refractivity contribution in [2.24, 2.45) is 0 Å². The molecule has 0 bridgehead atoms. The van der Waals surface area contributed by atoms with E-state index in [4.69, 9.17) is 4.74 Å². The smallest absolute Gasteiger partial charge is 0.361 e. The van der Waals surface area contributed by atoms with Crippen molar-refractivity contribution in [1.82, 2.24) is 0 Å². The van der Waals surface area contributed by atoms with Gasteiger partial charge in [-0.1, -0.05) is 18.2 Å². The zero-order chi connectivity index (χ0) is 16.8. The lowest BCUT2D eigenvalue weighted by Crippen LogP contribution is -2.55. The number of aryl methyl sites for hydroxylation is 2. The van der Waals surface area contributed by atoms with Crippen LogP contribution in [0, 0.1) is 13.8 Å². The van der Waals surface area contributed by atoms with E-state index in [1.165, 1.54) is 7.11 Å². The molecule has 0 aliphatic carbocycles.